The molecule has 0 spiro atoms. The lowest BCUT2D eigenvalue weighted by Crippen LogP contribution is -2.49. The van der Waals surface area contributed by atoms with E-state index in [0.29, 0.717) is 38.4 Å². The van der Waals surface area contributed by atoms with Crippen molar-refractivity contribution in [1.82, 2.24) is 9.88 Å². The Bertz CT molecular complexity index is 543. The Morgan fingerprint density at radius 3 is 2.45 bits per heavy atom. The highest BCUT2D eigenvalue weighted by atomic mass is 35.5. The Morgan fingerprint density at radius 1 is 1.32 bits per heavy atom. The lowest BCUT2D eigenvalue weighted by Gasteiger charge is -2.35. The number of rotatable bonds is 3. The summed E-state index contributed by atoms with van der Waals surface area (Å²) in [7, 11) is 0. The van der Waals surface area contributed by atoms with Gasteiger partial charge in [0.2, 0.25) is 5.91 Å². The monoisotopic (exact) mass is 335 g/mol. The van der Waals surface area contributed by atoms with Crippen molar-refractivity contribution in [3.63, 3.8) is 0 Å². The van der Waals surface area contributed by atoms with E-state index in [0.717, 1.165) is 18.7 Å². The number of hydrogen-bond acceptors (Lipinski definition) is 3. The van der Waals surface area contributed by atoms with Crippen molar-refractivity contribution in [1.29, 1.82) is 0 Å². The molecule has 0 aliphatic carbocycles. The fourth-order valence-electron chi connectivity index (χ4n) is 2.36. The van der Waals surface area contributed by atoms with E-state index >= 15 is 0 Å². The minimum Gasteiger partial charge on any atom is -0.352 e. The molecule has 0 bridgehead atoms. The Morgan fingerprint density at radius 2 is 1.95 bits per heavy atom. The highest BCUT2D eigenvalue weighted by molar-refractivity contribution is 6.33. The smallest absolute Gasteiger partial charge is 0.352 e. The van der Waals surface area contributed by atoms with Gasteiger partial charge in [-0.1, -0.05) is 18.5 Å². The molecule has 0 saturated carbocycles. The van der Waals surface area contributed by atoms with Gasteiger partial charge in [0.1, 0.15) is 5.82 Å². The zero-order chi connectivity index (χ0) is 16.3. The molecule has 0 unspecified atom stereocenters. The first-order valence-corrected chi connectivity index (χ1v) is 7.46. The summed E-state index contributed by atoms with van der Waals surface area (Å²) in [6.45, 7) is 4.01. The molecule has 1 saturated heterocycles. The number of piperazine rings is 1. The third-order valence-corrected chi connectivity index (χ3v) is 3.82. The second-order valence-electron chi connectivity index (χ2n) is 5.15. The molecule has 0 radical (unpaired) electrons. The molecule has 4 nitrogen and oxygen atoms in total. The first-order chi connectivity index (χ1) is 10.3. The maximum absolute atomic E-state index is 12.6. The summed E-state index contributed by atoms with van der Waals surface area (Å²) in [4.78, 5) is 19.2. The van der Waals surface area contributed by atoms with Crippen molar-refractivity contribution in [3.8, 4) is 0 Å². The van der Waals surface area contributed by atoms with Gasteiger partial charge < -0.3 is 9.80 Å². The van der Waals surface area contributed by atoms with Crippen LogP contribution in [0.25, 0.3) is 0 Å². The molecule has 1 fully saturated rings. The normalized spacial score (nSPS) is 16.0. The lowest BCUT2D eigenvalue weighted by atomic mass is 10.2. The predicted octanol–water partition coefficient (Wildman–Crippen LogP) is 3.20. The van der Waals surface area contributed by atoms with Crippen LogP contribution in [0.15, 0.2) is 12.3 Å². The number of carbonyl (C=O) groups excluding carboxylic acids is 1. The largest absolute Gasteiger partial charge is 0.417 e. The Kier molecular flexibility index (Phi) is 5.16. The fraction of sp³-hybridized carbons (Fsp3) is 0.571. The van der Waals surface area contributed by atoms with Gasteiger partial charge in [0.15, 0.2) is 0 Å². The quantitative estimate of drug-likeness (QED) is 0.851. The van der Waals surface area contributed by atoms with Crippen LogP contribution >= 0.6 is 11.6 Å². The molecule has 0 N–H and O–H groups in total. The number of aromatic nitrogens is 1. The fourth-order valence-corrected chi connectivity index (χ4v) is 2.64. The molecule has 1 amide bonds. The number of amides is 1. The zero-order valence-electron chi connectivity index (χ0n) is 12.2. The number of pyridine rings is 1. The third kappa shape index (κ3) is 3.82. The highest BCUT2D eigenvalue weighted by Gasteiger charge is 2.32. The summed E-state index contributed by atoms with van der Waals surface area (Å²) in [5, 5.41) is -0.0249. The van der Waals surface area contributed by atoms with E-state index in [1.807, 2.05) is 6.92 Å². The Labute approximate surface area is 131 Å². The van der Waals surface area contributed by atoms with Crippen LogP contribution in [0.2, 0.25) is 5.02 Å². The highest BCUT2D eigenvalue weighted by Crippen LogP contribution is 2.33. The molecule has 0 aromatic carbocycles. The van der Waals surface area contributed by atoms with Gasteiger partial charge >= 0.3 is 6.18 Å². The van der Waals surface area contributed by atoms with Crippen LogP contribution in [0.4, 0.5) is 19.0 Å². The second-order valence-corrected chi connectivity index (χ2v) is 5.55. The SMILES string of the molecule is CCCC(=O)N1CCN(c2ncc(C(F)(F)F)cc2Cl)CC1. The molecule has 2 rings (SSSR count). The predicted molar refractivity (Wildman–Crippen MR) is 78.0 cm³/mol. The molecule has 1 aromatic rings. The third-order valence-electron chi connectivity index (χ3n) is 3.54. The molecular formula is C14H17ClF3N3O. The van der Waals surface area contributed by atoms with Crippen molar-refractivity contribution < 1.29 is 18.0 Å². The van der Waals surface area contributed by atoms with Crippen LogP contribution in [0.1, 0.15) is 25.3 Å². The number of halogens is 4. The Hall–Kier alpha value is -1.50. The number of hydrogen-bond donors (Lipinski definition) is 0. The van der Waals surface area contributed by atoms with Gasteiger partial charge in [-0.05, 0) is 12.5 Å². The van der Waals surface area contributed by atoms with E-state index in [9.17, 15) is 18.0 Å². The summed E-state index contributed by atoms with van der Waals surface area (Å²) in [5.74, 6) is 0.436. The van der Waals surface area contributed by atoms with Gasteiger partial charge in [-0.25, -0.2) is 4.98 Å². The molecule has 1 aromatic heterocycles. The van der Waals surface area contributed by atoms with E-state index < -0.39 is 11.7 Å². The van der Waals surface area contributed by atoms with Crippen molar-refractivity contribution in [2.75, 3.05) is 31.1 Å². The van der Waals surface area contributed by atoms with Crippen LogP contribution in [0, 0.1) is 0 Å². The van der Waals surface area contributed by atoms with Crippen LogP contribution in [-0.2, 0) is 11.0 Å². The molecule has 1 aliphatic rings. The molecule has 22 heavy (non-hydrogen) atoms. The first-order valence-electron chi connectivity index (χ1n) is 7.08. The topological polar surface area (TPSA) is 36.4 Å². The van der Waals surface area contributed by atoms with Gasteiger partial charge in [-0.2, -0.15) is 13.2 Å². The maximum Gasteiger partial charge on any atom is 0.417 e. The van der Waals surface area contributed by atoms with E-state index in [1.165, 1.54) is 0 Å². The van der Waals surface area contributed by atoms with Crippen LogP contribution in [0.5, 0.6) is 0 Å². The molecule has 1 aliphatic heterocycles. The minimum absolute atomic E-state index is 0.0249. The van der Waals surface area contributed by atoms with Crippen molar-refractivity contribution in [2.45, 2.75) is 25.9 Å². The number of carbonyl (C=O) groups is 1. The van der Waals surface area contributed by atoms with Gasteiger partial charge in [-0.15, -0.1) is 0 Å². The summed E-state index contributed by atoms with van der Waals surface area (Å²) < 4.78 is 37.8. The van der Waals surface area contributed by atoms with E-state index in [4.69, 9.17) is 11.6 Å². The summed E-state index contributed by atoms with van der Waals surface area (Å²) in [6.07, 6.45) is -2.36. The van der Waals surface area contributed by atoms with E-state index in [2.05, 4.69) is 4.98 Å². The zero-order valence-corrected chi connectivity index (χ0v) is 12.9. The Balaban J connectivity index is 2.04. The maximum atomic E-state index is 12.6. The first kappa shape index (κ1) is 16.9. The van der Waals surface area contributed by atoms with Crippen LogP contribution in [-0.4, -0.2) is 42.0 Å². The lowest BCUT2D eigenvalue weighted by molar-refractivity contribution is -0.137. The number of alkyl halides is 3. The molecule has 0 atom stereocenters. The molecule has 122 valence electrons. The molecular weight excluding hydrogens is 319 g/mol. The van der Waals surface area contributed by atoms with Crippen LogP contribution in [0.3, 0.4) is 0 Å². The minimum atomic E-state index is -4.46. The standard InChI is InChI=1S/C14H17ClF3N3O/c1-2-3-12(22)20-4-6-21(7-5-20)13-11(15)8-10(9-19-13)14(16,17)18/h8-9H,2-7H2,1H3. The summed E-state index contributed by atoms with van der Waals surface area (Å²) in [5.41, 5.74) is -0.863. The van der Waals surface area contributed by atoms with Crippen molar-refractivity contribution in [3.05, 3.63) is 22.8 Å². The average Bonchev–Trinajstić information content (AvgIpc) is 2.46. The van der Waals surface area contributed by atoms with Gasteiger partial charge in [0.05, 0.1) is 10.6 Å². The summed E-state index contributed by atoms with van der Waals surface area (Å²) >= 11 is 5.93. The van der Waals surface area contributed by atoms with Crippen LogP contribution < -0.4 is 4.90 Å². The van der Waals surface area contributed by atoms with Gasteiger partial charge in [0, 0.05) is 38.8 Å². The van der Waals surface area contributed by atoms with E-state index in [1.54, 1.807) is 9.80 Å². The molecule has 2 heterocycles. The molecule has 8 heteroatoms. The summed E-state index contributed by atoms with van der Waals surface area (Å²) in [6, 6.07) is 0.887. The van der Waals surface area contributed by atoms with Crippen molar-refractivity contribution in [2.24, 2.45) is 0 Å². The number of anilines is 1. The average molecular weight is 336 g/mol. The van der Waals surface area contributed by atoms with Crippen molar-refractivity contribution >= 4 is 23.3 Å². The van der Waals surface area contributed by atoms with E-state index in [-0.39, 0.29) is 10.9 Å². The van der Waals surface area contributed by atoms with Gasteiger partial charge in [0.25, 0.3) is 0 Å². The number of nitrogens with zero attached hydrogens (tertiary/aromatic N) is 3. The van der Waals surface area contributed by atoms with Gasteiger partial charge in [-0.3, -0.25) is 4.79 Å². The second kappa shape index (κ2) is 6.73.